The van der Waals surface area contributed by atoms with Gasteiger partial charge in [0.25, 0.3) is 11.5 Å². The van der Waals surface area contributed by atoms with Crippen LogP contribution in [0, 0.1) is 0 Å². The Morgan fingerprint density at radius 3 is 2.76 bits per heavy atom. The largest absolute Gasteiger partial charge is 0.391 e. The van der Waals surface area contributed by atoms with Gasteiger partial charge < -0.3 is 25.6 Å². The SMILES string of the molecule is CNc1cc(Nc2cccn([C@@H]3CCCC[C@@H]3O)c2=O)nc2c(C(=O)N[C@H]3CC[C@@H]3F)cnn12. The summed E-state index contributed by atoms with van der Waals surface area (Å²) in [5, 5.41) is 23.4. The van der Waals surface area contributed by atoms with Crippen molar-refractivity contribution >= 4 is 28.9 Å². The molecule has 3 aromatic rings. The minimum atomic E-state index is -1.04. The van der Waals surface area contributed by atoms with Gasteiger partial charge >= 0.3 is 0 Å². The standard InChI is InChI=1S/C23H28FN7O3/c1-25-20-11-19(27-16-5-4-10-30(23(16)34)17-6-2-3-7-18(17)32)29-21-13(12-26-31(20)21)22(33)28-15-9-8-14(15)24/h4-5,10-12,14-15,17-18,25,32H,2-3,6-9H2,1H3,(H,27,29)(H,28,33)/t14-,15-,17+,18-/m0/s1. The van der Waals surface area contributed by atoms with Crippen LogP contribution in [0.3, 0.4) is 0 Å². The molecule has 0 spiro atoms. The molecule has 10 nitrogen and oxygen atoms in total. The van der Waals surface area contributed by atoms with Crippen LogP contribution < -0.4 is 21.5 Å². The van der Waals surface area contributed by atoms with Crippen molar-refractivity contribution in [3.63, 3.8) is 0 Å². The van der Waals surface area contributed by atoms with Gasteiger partial charge in [0.05, 0.1) is 24.4 Å². The molecule has 0 unspecified atom stereocenters. The van der Waals surface area contributed by atoms with E-state index < -0.39 is 24.2 Å². The molecule has 2 fully saturated rings. The summed E-state index contributed by atoms with van der Waals surface area (Å²) in [5.41, 5.74) is 0.543. The van der Waals surface area contributed by atoms with E-state index in [1.165, 1.54) is 10.7 Å². The first-order valence-corrected chi connectivity index (χ1v) is 11.6. The Morgan fingerprint density at radius 1 is 1.24 bits per heavy atom. The number of halogens is 1. The fourth-order valence-electron chi connectivity index (χ4n) is 4.65. The molecule has 1 amide bonds. The number of amides is 1. The molecule has 11 heteroatoms. The summed E-state index contributed by atoms with van der Waals surface area (Å²) in [6.45, 7) is 0. The highest BCUT2D eigenvalue weighted by Crippen LogP contribution is 2.28. The van der Waals surface area contributed by atoms with Crippen LogP contribution in [0.25, 0.3) is 5.65 Å². The van der Waals surface area contributed by atoms with Gasteiger partial charge in [0.15, 0.2) is 5.65 Å². The van der Waals surface area contributed by atoms with Crippen LogP contribution in [-0.4, -0.2) is 55.5 Å². The van der Waals surface area contributed by atoms with Crippen molar-refractivity contribution in [2.45, 2.75) is 62.9 Å². The van der Waals surface area contributed by atoms with Crippen molar-refractivity contribution in [2.75, 3.05) is 17.7 Å². The molecular weight excluding hydrogens is 441 g/mol. The molecule has 0 aromatic carbocycles. The van der Waals surface area contributed by atoms with Crippen LogP contribution in [0.4, 0.5) is 21.7 Å². The monoisotopic (exact) mass is 469 g/mol. The number of hydrogen-bond donors (Lipinski definition) is 4. The summed E-state index contributed by atoms with van der Waals surface area (Å²) in [7, 11) is 1.71. The molecule has 0 saturated heterocycles. The van der Waals surface area contributed by atoms with Crippen molar-refractivity contribution in [3.8, 4) is 0 Å². The predicted octanol–water partition coefficient (Wildman–Crippen LogP) is 2.38. The highest BCUT2D eigenvalue weighted by molar-refractivity contribution is 6.00. The minimum Gasteiger partial charge on any atom is -0.391 e. The summed E-state index contributed by atoms with van der Waals surface area (Å²) < 4.78 is 16.7. The number of aliphatic hydroxyl groups is 1. The summed E-state index contributed by atoms with van der Waals surface area (Å²) in [6.07, 6.45) is 5.88. The van der Waals surface area contributed by atoms with Crippen molar-refractivity contribution in [1.29, 1.82) is 0 Å². The molecule has 5 rings (SSSR count). The average molecular weight is 470 g/mol. The van der Waals surface area contributed by atoms with Crippen LogP contribution in [0.15, 0.2) is 35.4 Å². The van der Waals surface area contributed by atoms with Crippen molar-refractivity contribution in [2.24, 2.45) is 0 Å². The number of carbonyl (C=O) groups is 1. The fourth-order valence-corrected chi connectivity index (χ4v) is 4.65. The third-order valence-electron chi connectivity index (χ3n) is 6.77. The normalized spacial score (nSPS) is 24.4. The van der Waals surface area contributed by atoms with E-state index in [9.17, 15) is 19.1 Å². The molecule has 180 valence electrons. The zero-order valence-corrected chi connectivity index (χ0v) is 18.9. The lowest BCUT2D eigenvalue weighted by Gasteiger charge is -2.30. The molecule has 2 aliphatic rings. The highest BCUT2D eigenvalue weighted by atomic mass is 19.1. The quantitative estimate of drug-likeness (QED) is 0.437. The molecule has 3 heterocycles. The predicted molar refractivity (Wildman–Crippen MR) is 125 cm³/mol. The topological polar surface area (TPSA) is 126 Å². The van der Waals surface area contributed by atoms with E-state index in [4.69, 9.17) is 0 Å². The number of aromatic nitrogens is 4. The van der Waals surface area contributed by atoms with Crippen molar-refractivity contribution in [3.05, 3.63) is 46.5 Å². The minimum absolute atomic E-state index is 0.218. The summed E-state index contributed by atoms with van der Waals surface area (Å²) >= 11 is 0. The summed E-state index contributed by atoms with van der Waals surface area (Å²) in [4.78, 5) is 30.5. The fraction of sp³-hybridized carbons (Fsp3) is 0.478. The molecule has 0 aliphatic heterocycles. The Kier molecular flexibility index (Phi) is 5.94. The zero-order valence-electron chi connectivity index (χ0n) is 18.9. The Labute approximate surface area is 195 Å². The number of nitrogens with one attached hydrogen (secondary N) is 3. The maximum atomic E-state index is 13.6. The number of hydrogen-bond acceptors (Lipinski definition) is 7. The lowest BCUT2D eigenvalue weighted by Crippen LogP contribution is -2.48. The lowest BCUT2D eigenvalue weighted by atomic mass is 9.90. The van der Waals surface area contributed by atoms with Gasteiger partial charge in [-0.25, -0.2) is 9.37 Å². The highest BCUT2D eigenvalue weighted by Gasteiger charge is 2.33. The Bertz CT molecular complexity index is 1270. The van der Waals surface area contributed by atoms with E-state index in [0.29, 0.717) is 36.6 Å². The molecular formula is C23H28FN7O3. The van der Waals surface area contributed by atoms with Gasteiger partial charge in [-0.1, -0.05) is 12.8 Å². The van der Waals surface area contributed by atoms with Crippen molar-refractivity contribution in [1.82, 2.24) is 24.5 Å². The second-order valence-electron chi connectivity index (χ2n) is 8.92. The number of rotatable bonds is 6. The molecule has 4 N–H and O–H groups in total. The first kappa shape index (κ1) is 22.3. The van der Waals surface area contributed by atoms with E-state index in [1.807, 2.05) is 0 Å². The van der Waals surface area contributed by atoms with Gasteiger partial charge in [-0.2, -0.15) is 9.61 Å². The van der Waals surface area contributed by atoms with E-state index in [1.54, 1.807) is 36.0 Å². The van der Waals surface area contributed by atoms with E-state index in [2.05, 4.69) is 26.0 Å². The molecule has 4 atom stereocenters. The number of carbonyl (C=O) groups excluding carboxylic acids is 1. The Hall–Kier alpha value is -3.47. The van der Waals surface area contributed by atoms with E-state index in [-0.39, 0.29) is 22.8 Å². The zero-order chi connectivity index (χ0) is 23.8. The number of anilines is 3. The molecule has 0 bridgehead atoms. The smallest absolute Gasteiger partial charge is 0.274 e. The van der Waals surface area contributed by atoms with Gasteiger partial charge in [0.2, 0.25) is 0 Å². The Balaban J connectivity index is 1.47. The molecule has 2 saturated carbocycles. The average Bonchev–Trinajstić information content (AvgIpc) is 3.27. The van der Waals surface area contributed by atoms with Gasteiger partial charge in [-0.05, 0) is 37.8 Å². The van der Waals surface area contributed by atoms with Gasteiger partial charge in [0.1, 0.15) is 29.1 Å². The molecule has 0 radical (unpaired) electrons. The van der Waals surface area contributed by atoms with Crippen LogP contribution in [0.2, 0.25) is 0 Å². The van der Waals surface area contributed by atoms with E-state index in [0.717, 1.165) is 19.3 Å². The Morgan fingerprint density at radius 2 is 2.06 bits per heavy atom. The first-order chi connectivity index (χ1) is 16.5. The van der Waals surface area contributed by atoms with E-state index >= 15 is 0 Å². The van der Waals surface area contributed by atoms with Gasteiger partial charge in [-0.15, -0.1) is 0 Å². The van der Waals surface area contributed by atoms with Crippen LogP contribution >= 0.6 is 0 Å². The number of fused-ring (bicyclic) bond motifs is 1. The molecule has 2 aliphatic carbocycles. The van der Waals surface area contributed by atoms with Gasteiger partial charge in [0, 0.05) is 19.3 Å². The first-order valence-electron chi connectivity index (χ1n) is 11.6. The van der Waals surface area contributed by atoms with Crippen LogP contribution in [0.5, 0.6) is 0 Å². The van der Waals surface area contributed by atoms with Crippen LogP contribution in [-0.2, 0) is 0 Å². The maximum absolute atomic E-state index is 13.6. The number of aliphatic hydroxyl groups excluding tert-OH is 1. The summed E-state index contributed by atoms with van der Waals surface area (Å²) in [5.74, 6) is 0.456. The third kappa shape index (κ3) is 4.00. The lowest BCUT2D eigenvalue weighted by molar-refractivity contribution is 0.0739. The third-order valence-corrected chi connectivity index (χ3v) is 6.77. The van der Waals surface area contributed by atoms with Crippen molar-refractivity contribution < 1.29 is 14.3 Å². The van der Waals surface area contributed by atoms with Crippen LogP contribution in [0.1, 0.15) is 54.9 Å². The van der Waals surface area contributed by atoms with Gasteiger partial charge in [-0.3, -0.25) is 9.59 Å². The molecule has 3 aromatic heterocycles. The second kappa shape index (κ2) is 9.05. The second-order valence-corrected chi connectivity index (χ2v) is 8.92. The number of pyridine rings is 1. The maximum Gasteiger partial charge on any atom is 0.274 e. The number of alkyl halides is 1. The number of nitrogens with zero attached hydrogens (tertiary/aromatic N) is 4. The molecule has 34 heavy (non-hydrogen) atoms. The summed E-state index contributed by atoms with van der Waals surface area (Å²) in [6, 6.07) is 4.33.